The van der Waals surface area contributed by atoms with E-state index in [2.05, 4.69) is 152 Å². The van der Waals surface area contributed by atoms with Crippen molar-refractivity contribution in [3.8, 4) is 22.3 Å². The summed E-state index contributed by atoms with van der Waals surface area (Å²) in [4.78, 5) is 8.26. The molecule has 45 heavy (non-hydrogen) atoms. The maximum absolute atomic E-state index is 4.73. The van der Waals surface area contributed by atoms with E-state index in [-0.39, 0.29) is 5.41 Å². The van der Waals surface area contributed by atoms with E-state index in [4.69, 9.17) is 4.98 Å². The molecule has 0 radical (unpaired) electrons. The molecule has 0 amide bonds. The SMILES string of the molecule is CC1(C)c2ccccc2-c2ccc(N(c3ccc(-c4ccccc4)cc3)c3cc4sc5ncccc5c4c4ccccc34)cc21. The average molecular weight is 595 g/mol. The minimum atomic E-state index is -0.0893. The molecule has 0 saturated heterocycles. The summed E-state index contributed by atoms with van der Waals surface area (Å²) in [6.07, 6.45) is 1.89. The number of aromatic nitrogens is 1. The van der Waals surface area contributed by atoms with E-state index in [1.807, 2.05) is 12.3 Å². The summed E-state index contributed by atoms with van der Waals surface area (Å²) in [6.45, 7) is 4.71. The van der Waals surface area contributed by atoms with Crippen LogP contribution in [0, 0.1) is 0 Å². The topological polar surface area (TPSA) is 16.1 Å². The normalized spacial score (nSPS) is 13.3. The summed E-state index contributed by atoms with van der Waals surface area (Å²) in [6, 6.07) is 51.0. The summed E-state index contributed by atoms with van der Waals surface area (Å²) in [5.74, 6) is 0. The van der Waals surface area contributed by atoms with E-state index >= 15 is 0 Å². The molecule has 0 bridgehead atoms. The van der Waals surface area contributed by atoms with Gasteiger partial charge in [-0.25, -0.2) is 4.98 Å². The molecule has 0 fully saturated rings. The second kappa shape index (κ2) is 9.88. The molecule has 1 aliphatic rings. The van der Waals surface area contributed by atoms with Crippen LogP contribution in [0.3, 0.4) is 0 Å². The molecule has 214 valence electrons. The number of anilines is 3. The molecule has 6 aromatic carbocycles. The number of benzene rings is 6. The summed E-state index contributed by atoms with van der Waals surface area (Å²) in [5, 5.41) is 4.98. The molecule has 0 aliphatic heterocycles. The highest BCUT2D eigenvalue weighted by Gasteiger charge is 2.35. The van der Waals surface area contributed by atoms with Crippen LogP contribution in [0.5, 0.6) is 0 Å². The van der Waals surface area contributed by atoms with E-state index in [1.54, 1.807) is 11.3 Å². The smallest absolute Gasteiger partial charge is 0.124 e. The molecule has 0 N–H and O–H groups in total. The lowest BCUT2D eigenvalue weighted by molar-refractivity contribution is 0.660. The lowest BCUT2D eigenvalue weighted by Crippen LogP contribution is -2.16. The zero-order valence-corrected chi connectivity index (χ0v) is 26.0. The van der Waals surface area contributed by atoms with Crippen LogP contribution in [0.15, 0.2) is 146 Å². The molecule has 0 spiro atoms. The van der Waals surface area contributed by atoms with Crippen molar-refractivity contribution in [1.29, 1.82) is 0 Å². The van der Waals surface area contributed by atoms with Crippen molar-refractivity contribution in [1.82, 2.24) is 4.98 Å². The van der Waals surface area contributed by atoms with Crippen LogP contribution in [0.4, 0.5) is 17.1 Å². The maximum atomic E-state index is 4.73. The number of hydrogen-bond donors (Lipinski definition) is 0. The van der Waals surface area contributed by atoms with Crippen LogP contribution in [-0.4, -0.2) is 4.98 Å². The number of fused-ring (bicyclic) bond motifs is 8. The Morgan fingerprint density at radius 2 is 1.22 bits per heavy atom. The molecular weight excluding hydrogens is 565 g/mol. The van der Waals surface area contributed by atoms with Gasteiger partial charge in [0.05, 0.1) is 5.69 Å². The molecule has 0 saturated carbocycles. The van der Waals surface area contributed by atoms with Gasteiger partial charge in [0.15, 0.2) is 0 Å². The fourth-order valence-electron chi connectivity index (χ4n) is 7.33. The van der Waals surface area contributed by atoms with Crippen LogP contribution in [0.25, 0.3) is 53.3 Å². The second-order valence-corrected chi connectivity index (χ2v) is 13.5. The molecular formula is C42H30N2S. The highest BCUT2D eigenvalue weighted by atomic mass is 32.1. The Bertz CT molecular complexity index is 2400. The van der Waals surface area contributed by atoms with Gasteiger partial charge < -0.3 is 4.90 Å². The van der Waals surface area contributed by atoms with Crippen LogP contribution in [0.2, 0.25) is 0 Å². The van der Waals surface area contributed by atoms with Gasteiger partial charge in [0.25, 0.3) is 0 Å². The van der Waals surface area contributed by atoms with Gasteiger partial charge in [0.1, 0.15) is 4.83 Å². The Balaban J connectivity index is 1.30. The first kappa shape index (κ1) is 26.2. The molecule has 3 heteroatoms. The monoisotopic (exact) mass is 594 g/mol. The van der Waals surface area contributed by atoms with Gasteiger partial charge in [-0.1, -0.05) is 111 Å². The van der Waals surface area contributed by atoms with Gasteiger partial charge in [-0.05, 0) is 81.2 Å². The third-order valence-corrected chi connectivity index (χ3v) is 10.6. The number of hydrogen-bond acceptors (Lipinski definition) is 3. The van der Waals surface area contributed by atoms with Crippen molar-refractivity contribution >= 4 is 59.5 Å². The van der Waals surface area contributed by atoms with Crippen molar-refractivity contribution in [3.05, 3.63) is 157 Å². The number of nitrogens with zero attached hydrogens (tertiary/aromatic N) is 2. The number of pyridine rings is 1. The molecule has 0 atom stereocenters. The zero-order chi connectivity index (χ0) is 30.1. The fraction of sp³-hybridized carbons (Fsp3) is 0.0714. The molecule has 8 aromatic rings. The zero-order valence-electron chi connectivity index (χ0n) is 25.2. The number of rotatable bonds is 4. The summed E-state index contributed by atoms with van der Waals surface area (Å²) in [5.41, 5.74) is 11.2. The predicted octanol–water partition coefficient (Wildman–Crippen LogP) is 12.0. The Morgan fingerprint density at radius 1 is 0.556 bits per heavy atom. The van der Waals surface area contributed by atoms with E-state index < -0.39 is 0 Å². The first-order chi connectivity index (χ1) is 22.1. The van der Waals surface area contributed by atoms with E-state index in [1.165, 1.54) is 65.3 Å². The number of thiophene rings is 1. The van der Waals surface area contributed by atoms with Gasteiger partial charge in [-0.15, -0.1) is 11.3 Å². The Kier molecular flexibility index (Phi) is 5.75. The summed E-state index contributed by atoms with van der Waals surface area (Å²) in [7, 11) is 0. The first-order valence-electron chi connectivity index (χ1n) is 15.5. The third kappa shape index (κ3) is 3.97. The quantitative estimate of drug-likeness (QED) is 0.201. The standard InChI is InChI=1S/C42H30N2S/c1-42(2)36-17-9-8-13-31(36)32-23-22-30(25-37(32)42)44(29-20-18-28(19-21-29)27-11-4-3-5-12-27)38-26-39-40(34-15-7-6-14-33(34)38)35-16-10-24-43-41(35)45-39/h3-26H,1-2H3. The second-order valence-electron chi connectivity index (χ2n) is 12.4. The van der Waals surface area contributed by atoms with E-state index in [9.17, 15) is 0 Å². The molecule has 0 unspecified atom stereocenters. The largest absolute Gasteiger partial charge is 0.310 e. The molecule has 2 nitrogen and oxygen atoms in total. The first-order valence-corrected chi connectivity index (χ1v) is 16.3. The van der Waals surface area contributed by atoms with Gasteiger partial charge in [0.2, 0.25) is 0 Å². The highest BCUT2D eigenvalue weighted by molar-refractivity contribution is 7.25. The Hall–Kier alpha value is -5.25. The minimum absolute atomic E-state index is 0.0893. The van der Waals surface area contributed by atoms with Crippen molar-refractivity contribution < 1.29 is 0 Å². The third-order valence-electron chi connectivity index (χ3n) is 9.53. The van der Waals surface area contributed by atoms with Crippen LogP contribution in [0.1, 0.15) is 25.0 Å². The van der Waals surface area contributed by atoms with Gasteiger partial charge in [-0.3, -0.25) is 0 Å². The maximum Gasteiger partial charge on any atom is 0.124 e. The van der Waals surface area contributed by atoms with Gasteiger partial charge in [0, 0.05) is 43.8 Å². The predicted molar refractivity (Wildman–Crippen MR) is 192 cm³/mol. The highest BCUT2D eigenvalue weighted by Crippen LogP contribution is 2.52. The van der Waals surface area contributed by atoms with Crippen molar-refractivity contribution in [2.75, 3.05) is 4.90 Å². The fourth-order valence-corrected chi connectivity index (χ4v) is 8.43. The lowest BCUT2D eigenvalue weighted by atomic mass is 9.82. The van der Waals surface area contributed by atoms with Crippen LogP contribution < -0.4 is 4.90 Å². The lowest BCUT2D eigenvalue weighted by Gasteiger charge is -2.29. The molecule has 2 aromatic heterocycles. The van der Waals surface area contributed by atoms with Crippen molar-refractivity contribution in [2.45, 2.75) is 19.3 Å². The Morgan fingerprint density at radius 3 is 2.07 bits per heavy atom. The molecule has 9 rings (SSSR count). The summed E-state index contributed by atoms with van der Waals surface area (Å²) >= 11 is 1.77. The average Bonchev–Trinajstić information content (AvgIpc) is 3.58. The van der Waals surface area contributed by atoms with Gasteiger partial charge in [-0.2, -0.15) is 0 Å². The van der Waals surface area contributed by atoms with Crippen LogP contribution >= 0.6 is 11.3 Å². The van der Waals surface area contributed by atoms with Gasteiger partial charge >= 0.3 is 0 Å². The minimum Gasteiger partial charge on any atom is -0.310 e. The van der Waals surface area contributed by atoms with Crippen molar-refractivity contribution in [2.24, 2.45) is 0 Å². The summed E-state index contributed by atoms with van der Waals surface area (Å²) < 4.78 is 1.25. The van der Waals surface area contributed by atoms with E-state index in [0.717, 1.165) is 16.2 Å². The molecule has 1 aliphatic carbocycles. The van der Waals surface area contributed by atoms with E-state index in [0.29, 0.717) is 0 Å². The van der Waals surface area contributed by atoms with Crippen molar-refractivity contribution in [3.63, 3.8) is 0 Å². The van der Waals surface area contributed by atoms with Crippen LogP contribution in [-0.2, 0) is 5.41 Å². The Labute approximate surface area is 266 Å². The molecule has 2 heterocycles.